The highest BCUT2D eigenvalue weighted by molar-refractivity contribution is 5.95. The van der Waals surface area contributed by atoms with Gasteiger partial charge in [-0.2, -0.15) is 0 Å². The van der Waals surface area contributed by atoms with Crippen LogP contribution in [0.4, 0.5) is 0 Å². The van der Waals surface area contributed by atoms with Crippen molar-refractivity contribution < 1.29 is 34.2 Å². The molecule has 0 spiro atoms. The summed E-state index contributed by atoms with van der Waals surface area (Å²) >= 11 is 0. The molecular formula is C20H30N6O7. The monoisotopic (exact) mass is 466 g/mol. The number of amides is 3. The van der Waals surface area contributed by atoms with Crippen LogP contribution in [-0.4, -0.2) is 80.6 Å². The van der Waals surface area contributed by atoms with Crippen molar-refractivity contribution in [2.45, 2.75) is 63.7 Å². The smallest absolute Gasteiger partial charge is 0.326 e. The van der Waals surface area contributed by atoms with E-state index in [9.17, 15) is 29.1 Å². The lowest BCUT2D eigenvalue weighted by atomic mass is 10.0. The molecule has 182 valence electrons. The molecule has 0 radical (unpaired) electrons. The van der Waals surface area contributed by atoms with Gasteiger partial charge in [0.2, 0.25) is 17.7 Å². The number of carbonyl (C=O) groups is 5. The van der Waals surface area contributed by atoms with Gasteiger partial charge < -0.3 is 36.5 Å². The molecule has 33 heavy (non-hydrogen) atoms. The molecule has 0 bridgehead atoms. The van der Waals surface area contributed by atoms with Gasteiger partial charge in [-0.05, 0) is 25.3 Å². The number of carbonyl (C=O) groups excluding carboxylic acids is 3. The molecule has 1 aromatic heterocycles. The summed E-state index contributed by atoms with van der Waals surface area (Å²) in [6.45, 7) is 3.98. The van der Waals surface area contributed by atoms with E-state index in [-0.39, 0.29) is 12.3 Å². The molecule has 0 aromatic carbocycles. The van der Waals surface area contributed by atoms with Crippen LogP contribution in [0.1, 0.15) is 38.8 Å². The first kappa shape index (κ1) is 25.8. The van der Waals surface area contributed by atoms with Gasteiger partial charge in [-0.25, -0.2) is 9.78 Å². The summed E-state index contributed by atoms with van der Waals surface area (Å²) < 4.78 is 0. The maximum atomic E-state index is 13.1. The lowest BCUT2D eigenvalue weighted by molar-refractivity contribution is -0.147. The van der Waals surface area contributed by atoms with E-state index in [1.807, 2.05) is 0 Å². The summed E-state index contributed by atoms with van der Waals surface area (Å²) in [5.41, 5.74) is 0.591. The number of rotatable bonds is 12. The number of carboxylic acids is 2. The van der Waals surface area contributed by atoms with Gasteiger partial charge in [-0.3, -0.25) is 19.2 Å². The zero-order chi connectivity index (χ0) is 24.5. The molecule has 1 aliphatic rings. The second-order valence-electron chi connectivity index (χ2n) is 8.22. The lowest BCUT2D eigenvalue weighted by Gasteiger charge is -2.26. The first-order valence-electron chi connectivity index (χ1n) is 10.6. The Bertz CT molecular complexity index is 851. The van der Waals surface area contributed by atoms with Crippen molar-refractivity contribution in [1.82, 2.24) is 31.2 Å². The second kappa shape index (κ2) is 11.9. The maximum Gasteiger partial charge on any atom is 0.326 e. The van der Waals surface area contributed by atoms with Crippen molar-refractivity contribution in [1.29, 1.82) is 0 Å². The number of carboxylic acid groups (broad SMARTS) is 2. The Balaban J connectivity index is 2.12. The van der Waals surface area contributed by atoms with Gasteiger partial charge in [0.25, 0.3) is 0 Å². The highest BCUT2D eigenvalue weighted by atomic mass is 16.4. The number of hydrogen-bond acceptors (Lipinski definition) is 7. The number of nitrogens with one attached hydrogen (secondary N) is 5. The van der Waals surface area contributed by atoms with E-state index in [1.165, 1.54) is 12.5 Å². The fourth-order valence-corrected chi connectivity index (χ4v) is 3.43. The van der Waals surface area contributed by atoms with Crippen LogP contribution in [0.2, 0.25) is 0 Å². The molecule has 4 atom stereocenters. The van der Waals surface area contributed by atoms with Gasteiger partial charge in [0, 0.05) is 18.3 Å². The Hall–Kier alpha value is -3.48. The van der Waals surface area contributed by atoms with Crippen molar-refractivity contribution in [2.75, 3.05) is 6.54 Å². The normalized spacial score (nSPS) is 18.2. The number of imidazole rings is 1. The van der Waals surface area contributed by atoms with Gasteiger partial charge in [0.05, 0.1) is 18.8 Å². The number of aromatic nitrogens is 2. The molecule has 3 amide bonds. The van der Waals surface area contributed by atoms with Gasteiger partial charge >= 0.3 is 11.9 Å². The highest BCUT2D eigenvalue weighted by Gasteiger charge is 2.33. The molecule has 1 aliphatic heterocycles. The van der Waals surface area contributed by atoms with E-state index in [4.69, 9.17) is 5.11 Å². The van der Waals surface area contributed by atoms with Crippen LogP contribution >= 0.6 is 0 Å². The predicted molar refractivity (Wildman–Crippen MR) is 114 cm³/mol. The first-order valence-corrected chi connectivity index (χ1v) is 10.6. The van der Waals surface area contributed by atoms with Gasteiger partial charge in [0.1, 0.15) is 18.1 Å². The van der Waals surface area contributed by atoms with E-state index in [0.717, 1.165) is 6.42 Å². The first-order chi connectivity index (χ1) is 15.6. The van der Waals surface area contributed by atoms with Crippen LogP contribution in [0.3, 0.4) is 0 Å². The fraction of sp³-hybridized carbons (Fsp3) is 0.600. The number of hydrogen-bond donors (Lipinski definition) is 7. The molecule has 13 nitrogen and oxygen atoms in total. The third-order valence-electron chi connectivity index (χ3n) is 5.23. The van der Waals surface area contributed by atoms with E-state index in [0.29, 0.717) is 18.7 Å². The predicted octanol–water partition coefficient (Wildman–Crippen LogP) is -1.63. The van der Waals surface area contributed by atoms with E-state index in [2.05, 4.69) is 31.2 Å². The summed E-state index contributed by atoms with van der Waals surface area (Å²) in [7, 11) is 0. The Kier molecular flexibility index (Phi) is 9.33. The van der Waals surface area contributed by atoms with Gasteiger partial charge in [0.15, 0.2) is 0 Å². The Labute approximate surface area is 190 Å². The summed E-state index contributed by atoms with van der Waals surface area (Å²) in [5.74, 6) is -5.17. The Morgan fingerprint density at radius 1 is 1.09 bits per heavy atom. The number of nitrogens with zero attached hydrogens (tertiary/aromatic N) is 1. The topological polar surface area (TPSA) is 203 Å². The van der Waals surface area contributed by atoms with Crippen molar-refractivity contribution in [2.24, 2.45) is 5.92 Å². The second-order valence-corrected chi connectivity index (χ2v) is 8.22. The van der Waals surface area contributed by atoms with Crippen LogP contribution in [0.5, 0.6) is 0 Å². The average Bonchev–Trinajstić information content (AvgIpc) is 3.44. The minimum Gasteiger partial charge on any atom is -0.481 e. The van der Waals surface area contributed by atoms with Gasteiger partial charge in [-0.15, -0.1) is 0 Å². The fourth-order valence-electron chi connectivity index (χ4n) is 3.43. The lowest BCUT2D eigenvalue weighted by Crippen LogP contribution is -2.59. The minimum absolute atomic E-state index is 0.0908. The number of aromatic amines is 1. The van der Waals surface area contributed by atoms with Crippen molar-refractivity contribution >= 4 is 29.7 Å². The minimum atomic E-state index is -1.65. The van der Waals surface area contributed by atoms with Crippen molar-refractivity contribution in [3.8, 4) is 0 Å². The molecule has 1 saturated heterocycles. The van der Waals surface area contributed by atoms with Crippen molar-refractivity contribution in [3.63, 3.8) is 0 Å². The zero-order valence-corrected chi connectivity index (χ0v) is 18.5. The molecule has 1 aromatic rings. The molecule has 2 rings (SSSR count). The number of aliphatic carboxylic acids is 2. The van der Waals surface area contributed by atoms with Gasteiger partial charge in [-0.1, -0.05) is 13.8 Å². The van der Waals surface area contributed by atoms with Crippen LogP contribution in [-0.2, 0) is 30.4 Å². The van der Waals surface area contributed by atoms with Crippen LogP contribution < -0.4 is 21.3 Å². The largest absolute Gasteiger partial charge is 0.481 e. The molecule has 0 aliphatic carbocycles. The molecular weight excluding hydrogens is 436 g/mol. The van der Waals surface area contributed by atoms with Crippen molar-refractivity contribution in [3.05, 3.63) is 18.2 Å². The molecule has 13 heteroatoms. The van der Waals surface area contributed by atoms with Crippen LogP contribution in [0, 0.1) is 5.92 Å². The molecule has 0 saturated carbocycles. The standard InChI is InChI=1S/C20H30N6O7/c1-10(2)16(19(31)25-14(20(32)33)7-15(27)28)26-18(30)13(6-11-8-21-9-23-11)24-17(29)12-4-3-5-22-12/h8-10,12-14,16,22H,3-7H2,1-2H3,(H,21,23)(H,24,29)(H,25,31)(H,26,30)(H,27,28)(H,32,33). The van der Waals surface area contributed by atoms with E-state index in [1.54, 1.807) is 13.8 Å². The molecule has 1 fully saturated rings. The summed E-state index contributed by atoms with van der Waals surface area (Å²) in [6.07, 6.45) is 3.70. The Morgan fingerprint density at radius 3 is 2.33 bits per heavy atom. The van der Waals surface area contributed by atoms with E-state index >= 15 is 0 Å². The third kappa shape index (κ3) is 7.86. The molecule has 4 unspecified atom stereocenters. The summed E-state index contributed by atoms with van der Waals surface area (Å²) in [4.78, 5) is 67.3. The molecule has 2 heterocycles. The average molecular weight is 466 g/mol. The van der Waals surface area contributed by atoms with Crippen LogP contribution in [0.25, 0.3) is 0 Å². The third-order valence-corrected chi connectivity index (χ3v) is 5.23. The zero-order valence-electron chi connectivity index (χ0n) is 18.5. The Morgan fingerprint density at radius 2 is 1.82 bits per heavy atom. The summed E-state index contributed by atoms with van der Waals surface area (Å²) in [6, 6.07) is -4.25. The quantitative estimate of drug-likeness (QED) is 0.189. The maximum absolute atomic E-state index is 13.1. The number of H-pyrrole nitrogens is 1. The highest BCUT2D eigenvalue weighted by Crippen LogP contribution is 2.09. The van der Waals surface area contributed by atoms with Crippen LogP contribution in [0.15, 0.2) is 12.5 Å². The molecule has 7 N–H and O–H groups in total. The SMILES string of the molecule is CC(C)C(NC(=O)C(Cc1cnc[nH]1)NC(=O)C1CCCN1)C(=O)NC(CC(=O)O)C(=O)O. The van der Waals surface area contributed by atoms with E-state index < -0.39 is 60.3 Å². The summed E-state index contributed by atoms with van der Waals surface area (Å²) in [5, 5.41) is 28.5.